The van der Waals surface area contributed by atoms with Gasteiger partial charge >= 0.3 is 0 Å². The van der Waals surface area contributed by atoms with Gasteiger partial charge in [0.1, 0.15) is 0 Å². The number of hydrogen-bond acceptors (Lipinski definition) is 6. The first-order valence-electron chi connectivity index (χ1n) is 8.45. The molecule has 3 heterocycles. The van der Waals surface area contributed by atoms with Crippen molar-refractivity contribution in [1.82, 2.24) is 19.4 Å². The van der Waals surface area contributed by atoms with E-state index in [1.807, 2.05) is 0 Å². The van der Waals surface area contributed by atoms with Crippen LogP contribution in [0.3, 0.4) is 0 Å². The molecule has 8 nitrogen and oxygen atoms in total. The summed E-state index contributed by atoms with van der Waals surface area (Å²) >= 11 is 0. The molecule has 0 aliphatic carbocycles. The smallest absolute Gasteiger partial charge is 0.254 e. The van der Waals surface area contributed by atoms with Crippen molar-refractivity contribution in [2.45, 2.75) is 4.90 Å². The predicted octanol–water partition coefficient (Wildman–Crippen LogP) is 1.30. The summed E-state index contributed by atoms with van der Waals surface area (Å²) in [6, 6.07) is 6.70. The van der Waals surface area contributed by atoms with Gasteiger partial charge in [-0.05, 0) is 18.2 Å². The van der Waals surface area contributed by atoms with Gasteiger partial charge in [0, 0.05) is 48.9 Å². The van der Waals surface area contributed by atoms with Gasteiger partial charge in [-0.1, -0.05) is 6.07 Å². The molecule has 27 heavy (non-hydrogen) atoms. The first kappa shape index (κ1) is 17.6. The van der Waals surface area contributed by atoms with Crippen LogP contribution in [0.2, 0.25) is 0 Å². The predicted molar refractivity (Wildman–Crippen MR) is 98.7 cm³/mol. The Morgan fingerprint density at radius 2 is 1.85 bits per heavy atom. The second-order valence-corrected chi connectivity index (χ2v) is 8.30. The second kappa shape index (κ2) is 6.75. The molecular weight excluding hydrogens is 368 g/mol. The maximum Gasteiger partial charge on any atom is 0.254 e. The average molecular weight is 386 g/mol. The minimum atomic E-state index is -3.46. The molecule has 1 saturated heterocycles. The van der Waals surface area contributed by atoms with Gasteiger partial charge < -0.3 is 9.64 Å². The number of carbonyl (C=O) groups excluding carboxylic acids is 1. The van der Waals surface area contributed by atoms with Gasteiger partial charge in [-0.2, -0.15) is 0 Å². The Bertz CT molecular complexity index is 1100. The number of ether oxygens (including phenoxy) is 1. The summed E-state index contributed by atoms with van der Waals surface area (Å²) in [5.41, 5.74) is 1.06. The molecule has 0 bridgehead atoms. The van der Waals surface area contributed by atoms with Crippen LogP contribution >= 0.6 is 0 Å². The topological polar surface area (TPSA) is 94.4 Å². The highest BCUT2D eigenvalue weighted by atomic mass is 32.2. The van der Waals surface area contributed by atoms with Crippen molar-refractivity contribution < 1.29 is 17.9 Å². The summed E-state index contributed by atoms with van der Waals surface area (Å²) < 4.78 is 31.3. The number of nitrogens with zero attached hydrogens (tertiary/aromatic N) is 4. The summed E-state index contributed by atoms with van der Waals surface area (Å²) in [7, 11) is -3.46. The molecule has 1 amide bonds. The van der Waals surface area contributed by atoms with Crippen LogP contribution in [-0.4, -0.2) is 66.3 Å². The van der Waals surface area contributed by atoms with Crippen LogP contribution in [0.1, 0.15) is 10.4 Å². The number of morpholine rings is 1. The molecule has 1 aliphatic heterocycles. The minimum Gasteiger partial charge on any atom is -0.378 e. The number of benzene rings is 1. The molecule has 1 aliphatic rings. The van der Waals surface area contributed by atoms with Crippen molar-refractivity contribution in [3.63, 3.8) is 0 Å². The molecule has 140 valence electrons. The van der Waals surface area contributed by atoms with Gasteiger partial charge in [-0.25, -0.2) is 18.4 Å². The van der Waals surface area contributed by atoms with Crippen molar-refractivity contribution in [3.8, 4) is 5.95 Å². The minimum absolute atomic E-state index is 0.108. The lowest BCUT2D eigenvalue weighted by Crippen LogP contribution is -2.40. The number of carbonyl (C=O) groups is 1. The van der Waals surface area contributed by atoms with Crippen LogP contribution in [0.15, 0.2) is 47.8 Å². The molecule has 1 fully saturated rings. The van der Waals surface area contributed by atoms with E-state index >= 15 is 0 Å². The molecule has 3 aromatic rings. The average Bonchev–Trinajstić information content (AvgIpc) is 3.08. The second-order valence-electron chi connectivity index (χ2n) is 6.32. The SMILES string of the molecule is CS(=O)(=O)c1cn(-c2ncccn2)c2cc(C(=O)N3CCOCC3)ccc12. The van der Waals surface area contributed by atoms with E-state index in [9.17, 15) is 13.2 Å². The van der Waals surface area contributed by atoms with Gasteiger partial charge in [0.25, 0.3) is 5.91 Å². The Morgan fingerprint density at radius 3 is 2.52 bits per heavy atom. The highest BCUT2D eigenvalue weighted by Crippen LogP contribution is 2.28. The van der Waals surface area contributed by atoms with Crippen molar-refractivity contribution in [2.24, 2.45) is 0 Å². The number of aromatic nitrogens is 3. The number of rotatable bonds is 3. The third-order valence-electron chi connectivity index (χ3n) is 4.48. The number of amides is 1. The molecule has 0 saturated carbocycles. The van der Waals surface area contributed by atoms with Crippen LogP contribution < -0.4 is 0 Å². The fraction of sp³-hybridized carbons (Fsp3) is 0.278. The summed E-state index contributed by atoms with van der Waals surface area (Å²) in [5, 5.41) is 0.531. The Balaban J connectivity index is 1.87. The molecule has 1 aromatic carbocycles. The van der Waals surface area contributed by atoms with Crippen LogP contribution in [0.5, 0.6) is 0 Å². The zero-order chi connectivity index (χ0) is 19.0. The zero-order valence-electron chi connectivity index (χ0n) is 14.7. The first-order valence-corrected chi connectivity index (χ1v) is 10.3. The lowest BCUT2D eigenvalue weighted by atomic mass is 10.1. The third kappa shape index (κ3) is 3.31. The van der Waals surface area contributed by atoms with Gasteiger partial charge in [0.15, 0.2) is 9.84 Å². The standard InChI is InChI=1S/C18H18N4O4S/c1-27(24,25)16-12-22(18-19-5-2-6-20-18)15-11-13(3-4-14(15)16)17(23)21-7-9-26-10-8-21/h2-6,11-12H,7-10H2,1H3. The van der Waals surface area contributed by atoms with Crippen molar-refractivity contribution in [3.05, 3.63) is 48.4 Å². The van der Waals surface area contributed by atoms with Crippen molar-refractivity contribution >= 4 is 26.6 Å². The Hall–Kier alpha value is -2.78. The maximum atomic E-state index is 12.8. The highest BCUT2D eigenvalue weighted by Gasteiger charge is 2.22. The summed E-state index contributed by atoms with van der Waals surface area (Å²) in [5.74, 6) is 0.233. The highest BCUT2D eigenvalue weighted by molar-refractivity contribution is 7.91. The van der Waals surface area contributed by atoms with E-state index in [0.29, 0.717) is 48.7 Å². The van der Waals surface area contributed by atoms with E-state index in [1.165, 1.54) is 6.20 Å². The molecular formula is C18H18N4O4S. The molecule has 0 unspecified atom stereocenters. The maximum absolute atomic E-state index is 12.8. The molecule has 0 radical (unpaired) electrons. The molecule has 0 atom stereocenters. The normalized spacial score (nSPS) is 15.2. The largest absolute Gasteiger partial charge is 0.378 e. The fourth-order valence-corrected chi connectivity index (χ4v) is 4.02. The van der Waals surface area contributed by atoms with Gasteiger partial charge in [0.2, 0.25) is 5.95 Å². The van der Waals surface area contributed by atoms with Crippen LogP contribution in [0, 0.1) is 0 Å². The Labute approximate surface area is 156 Å². The van der Waals surface area contributed by atoms with Crippen molar-refractivity contribution in [1.29, 1.82) is 0 Å². The van der Waals surface area contributed by atoms with Gasteiger partial charge in [-0.3, -0.25) is 9.36 Å². The molecule has 4 rings (SSSR count). The Morgan fingerprint density at radius 1 is 1.15 bits per heavy atom. The summed E-state index contributed by atoms with van der Waals surface area (Å²) in [6.45, 7) is 2.10. The van der Waals surface area contributed by atoms with Gasteiger partial charge in [0.05, 0.1) is 23.6 Å². The van der Waals surface area contributed by atoms with E-state index in [1.54, 1.807) is 46.1 Å². The number of fused-ring (bicyclic) bond motifs is 1. The van der Waals surface area contributed by atoms with E-state index < -0.39 is 9.84 Å². The number of sulfone groups is 1. The fourth-order valence-electron chi connectivity index (χ4n) is 3.15. The van der Waals surface area contributed by atoms with Crippen LogP contribution in [0.25, 0.3) is 16.9 Å². The lowest BCUT2D eigenvalue weighted by Gasteiger charge is -2.26. The quantitative estimate of drug-likeness (QED) is 0.673. The monoisotopic (exact) mass is 386 g/mol. The van der Waals surface area contributed by atoms with Gasteiger partial charge in [-0.15, -0.1) is 0 Å². The van der Waals surface area contributed by atoms with Crippen molar-refractivity contribution in [2.75, 3.05) is 32.6 Å². The first-order chi connectivity index (χ1) is 12.9. The van der Waals surface area contributed by atoms with Crippen LogP contribution in [-0.2, 0) is 14.6 Å². The molecule has 9 heteroatoms. The molecule has 2 aromatic heterocycles. The lowest BCUT2D eigenvalue weighted by molar-refractivity contribution is 0.0303. The third-order valence-corrected chi connectivity index (χ3v) is 5.61. The molecule has 0 spiro atoms. The zero-order valence-corrected chi connectivity index (χ0v) is 15.5. The summed E-state index contributed by atoms with van der Waals surface area (Å²) in [4.78, 5) is 23.1. The van der Waals surface area contributed by atoms with E-state index in [2.05, 4.69) is 9.97 Å². The Kier molecular flexibility index (Phi) is 4.40. The van der Waals surface area contributed by atoms with E-state index in [-0.39, 0.29) is 10.8 Å². The van der Waals surface area contributed by atoms with E-state index in [4.69, 9.17) is 4.74 Å². The number of hydrogen-bond donors (Lipinski definition) is 0. The molecule has 0 N–H and O–H groups in total. The summed E-state index contributed by atoms with van der Waals surface area (Å²) in [6.07, 6.45) is 5.82. The van der Waals surface area contributed by atoms with E-state index in [0.717, 1.165) is 6.26 Å². The van der Waals surface area contributed by atoms with Crippen LogP contribution in [0.4, 0.5) is 0 Å².